The largest absolute Gasteiger partial charge is 0.497 e. The predicted molar refractivity (Wildman–Crippen MR) is 122 cm³/mol. The number of sulfonamides is 1. The number of carbonyl (C=O) groups excluding carboxylic acids is 1. The fourth-order valence-corrected chi connectivity index (χ4v) is 4.70. The maximum absolute atomic E-state index is 13.1. The summed E-state index contributed by atoms with van der Waals surface area (Å²) in [5.41, 5.74) is 3.12. The van der Waals surface area contributed by atoms with E-state index in [2.05, 4.69) is 23.9 Å². The summed E-state index contributed by atoms with van der Waals surface area (Å²) in [6.07, 6.45) is 3.63. The van der Waals surface area contributed by atoms with E-state index in [1.165, 1.54) is 24.5 Å². The van der Waals surface area contributed by atoms with Gasteiger partial charge in [0.2, 0.25) is 5.09 Å². The zero-order chi connectivity index (χ0) is 22.9. The molecule has 166 valence electrons. The third-order valence-electron chi connectivity index (χ3n) is 5.15. The summed E-state index contributed by atoms with van der Waals surface area (Å²) in [4.78, 5) is 13.1. The minimum atomic E-state index is -3.87. The molecule has 3 aromatic rings. The highest BCUT2D eigenvalue weighted by molar-refractivity contribution is 7.92. The number of nitrogens with one attached hydrogen (secondary N) is 2. The fraction of sp³-hybridized carbons (Fsp3) is 0.208. The Bertz CT molecular complexity index is 1290. The highest BCUT2D eigenvalue weighted by Gasteiger charge is 2.28. The third-order valence-corrected chi connectivity index (χ3v) is 6.41. The molecule has 4 rings (SSSR count). The standard InChI is InChI=1S/C24H24N2O5S/c1-24(2)15-17-9-10-19(30-3)13-20(17)21(25-24)14-22(27)16-6-4-7-18(12-16)26-32(28,29)23-8-5-11-31-23/h4-14,25-26H,15H2,1-3H3/b21-14-. The number of allylic oxidation sites excluding steroid dienone is 1. The molecule has 1 aliphatic heterocycles. The van der Waals surface area contributed by atoms with Gasteiger partial charge in [0.1, 0.15) is 5.75 Å². The lowest BCUT2D eigenvalue weighted by molar-refractivity contribution is 0.104. The van der Waals surface area contributed by atoms with Gasteiger partial charge >= 0.3 is 0 Å². The second-order valence-electron chi connectivity index (χ2n) is 8.25. The van der Waals surface area contributed by atoms with Crippen molar-refractivity contribution in [3.8, 4) is 5.75 Å². The van der Waals surface area contributed by atoms with Crippen LogP contribution in [-0.4, -0.2) is 26.8 Å². The van der Waals surface area contributed by atoms with Gasteiger partial charge in [0, 0.05) is 34.1 Å². The molecule has 1 aliphatic rings. The van der Waals surface area contributed by atoms with E-state index in [0.29, 0.717) is 17.0 Å². The van der Waals surface area contributed by atoms with Crippen molar-refractivity contribution in [3.05, 3.63) is 83.6 Å². The Hall–Kier alpha value is -3.52. The molecule has 0 saturated heterocycles. The van der Waals surface area contributed by atoms with E-state index in [4.69, 9.17) is 9.15 Å². The number of anilines is 1. The van der Waals surface area contributed by atoms with Gasteiger partial charge in [0.15, 0.2) is 5.78 Å². The van der Waals surface area contributed by atoms with Crippen LogP contribution in [0.15, 0.2) is 76.4 Å². The molecule has 0 radical (unpaired) electrons. The number of hydrogen-bond acceptors (Lipinski definition) is 6. The molecule has 0 unspecified atom stereocenters. The van der Waals surface area contributed by atoms with Gasteiger partial charge in [0.25, 0.3) is 10.0 Å². The van der Waals surface area contributed by atoms with Gasteiger partial charge in [-0.05, 0) is 62.2 Å². The van der Waals surface area contributed by atoms with Gasteiger partial charge in [-0.15, -0.1) is 0 Å². The summed E-state index contributed by atoms with van der Waals surface area (Å²) in [6, 6.07) is 15.0. The molecule has 1 aromatic heterocycles. The number of hydrogen-bond donors (Lipinski definition) is 2. The number of fused-ring (bicyclic) bond motifs is 1. The average molecular weight is 453 g/mol. The fourth-order valence-electron chi connectivity index (χ4n) is 3.73. The summed E-state index contributed by atoms with van der Waals surface area (Å²) >= 11 is 0. The van der Waals surface area contributed by atoms with Crippen molar-refractivity contribution >= 4 is 27.2 Å². The molecule has 0 saturated carbocycles. The minimum absolute atomic E-state index is 0.199. The summed E-state index contributed by atoms with van der Waals surface area (Å²) in [5.74, 6) is 0.455. The molecule has 32 heavy (non-hydrogen) atoms. The molecule has 8 heteroatoms. The Morgan fingerprint density at radius 2 is 1.97 bits per heavy atom. The van der Waals surface area contributed by atoms with Gasteiger partial charge < -0.3 is 14.5 Å². The Labute approximate surface area is 187 Å². The number of furan rings is 1. The Morgan fingerprint density at radius 3 is 2.69 bits per heavy atom. The first-order valence-corrected chi connectivity index (χ1v) is 11.5. The van der Waals surface area contributed by atoms with Crippen LogP contribution in [-0.2, 0) is 16.4 Å². The van der Waals surface area contributed by atoms with Crippen LogP contribution in [0.5, 0.6) is 5.75 Å². The maximum atomic E-state index is 13.1. The van der Waals surface area contributed by atoms with Crippen molar-refractivity contribution in [2.45, 2.75) is 30.9 Å². The van der Waals surface area contributed by atoms with Crippen LogP contribution in [0.3, 0.4) is 0 Å². The van der Waals surface area contributed by atoms with E-state index < -0.39 is 10.0 Å². The summed E-state index contributed by atoms with van der Waals surface area (Å²) in [7, 11) is -2.27. The lowest BCUT2D eigenvalue weighted by Crippen LogP contribution is -2.43. The Kier molecular flexibility index (Phi) is 5.56. The van der Waals surface area contributed by atoms with Gasteiger partial charge in [0.05, 0.1) is 13.4 Å². The van der Waals surface area contributed by atoms with Crippen LogP contribution in [0.1, 0.15) is 35.3 Å². The zero-order valence-corrected chi connectivity index (χ0v) is 18.8. The van der Waals surface area contributed by atoms with Crippen molar-refractivity contribution < 1.29 is 22.4 Å². The lowest BCUT2D eigenvalue weighted by atomic mass is 9.85. The lowest BCUT2D eigenvalue weighted by Gasteiger charge is -2.35. The van der Waals surface area contributed by atoms with E-state index in [0.717, 1.165) is 17.5 Å². The van der Waals surface area contributed by atoms with E-state index in [1.54, 1.807) is 31.4 Å². The van der Waals surface area contributed by atoms with Crippen LogP contribution in [0, 0.1) is 0 Å². The number of ketones is 1. The molecular weight excluding hydrogens is 428 g/mol. The number of carbonyl (C=O) groups is 1. The highest BCUT2D eigenvalue weighted by Crippen LogP contribution is 2.32. The second kappa shape index (κ2) is 8.20. The first-order chi connectivity index (χ1) is 15.2. The van der Waals surface area contributed by atoms with Crippen molar-refractivity contribution in [1.29, 1.82) is 0 Å². The second-order valence-corrected chi connectivity index (χ2v) is 9.86. The van der Waals surface area contributed by atoms with E-state index in [1.807, 2.05) is 18.2 Å². The first-order valence-electron chi connectivity index (χ1n) is 10.0. The van der Waals surface area contributed by atoms with Crippen molar-refractivity contribution in [1.82, 2.24) is 5.32 Å². The smallest absolute Gasteiger partial charge is 0.295 e. The maximum Gasteiger partial charge on any atom is 0.295 e. The van der Waals surface area contributed by atoms with Crippen LogP contribution < -0.4 is 14.8 Å². The van der Waals surface area contributed by atoms with Crippen LogP contribution in [0.25, 0.3) is 5.70 Å². The monoisotopic (exact) mass is 452 g/mol. The predicted octanol–water partition coefficient (Wildman–Crippen LogP) is 4.24. The third kappa shape index (κ3) is 4.55. The zero-order valence-electron chi connectivity index (χ0n) is 18.0. The highest BCUT2D eigenvalue weighted by atomic mass is 32.2. The SMILES string of the molecule is COc1ccc2c(c1)/C(=C/C(=O)c1cccc(NS(=O)(=O)c3ccco3)c1)NC(C)(C)C2. The Balaban J connectivity index is 1.65. The molecule has 0 bridgehead atoms. The number of ether oxygens (including phenoxy) is 1. The van der Waals surface area contributed by atoms with Gasteiger partial charge in [-0.25, -0.2) is 0 Å². The average Bonchev–Trinajstić information content (AvgIpc) is 3.29. The summed E-state index contributed by atoms with van der Waals surface area (Å²) in [6.45, 7) is 4.14. The normalized spacial score (nSPS) is 16.2. The molecule has 2 N–H and O–H groups in total. The number of methoxy groups -OCH3 is 1. The van der Waals surface area contributed by atoms with Crippen LogP contribution >= 0.6 is 0 Å². The van der Waals surface area contributed by atoms with E-state index in [9.17, 15) is 13.2 Å². The topological polar surface area (TPSA) is 97.6 Å². The van der Waals surface area contributed by atoms with Gasteiger partial charge in [-0.1, -0.05) is 18.2 Å². The molecule has 2 heterocycles. The molecule has 7 nitrogen and oxygen atoms in total. The molecule has 0 amide bonds. The molecule has 2 aromatic carbocycles. The van der Waals surface area contributed by atoms with Crippen LogP contribution in [0.4, 0.5) is 5.69 Å². The quantitative estimate of drug-likeness (QED) is 0.429. The van der Waals surface area contributed by atoms with Crippen molar-refractivity contribution in [2.24, 2.45) is 0 Å². The number of benzene rings is 2. The first kappa shape index (κ1) is 21.7. The Morgan fingerprint density at radius 1 is 1.16 bits per heavy atom. The van der Waals surface area contributed by atoms with Gasteiger partial charge in [-0.2, -0.15) is 8.42 Å². The van der Waals surface area contributed by atoms with Crippen LogP contribution in [0.2, 0.25) is 0 Å². The van der Waals surface area contributed by atoms with E-state index in [-0.39, 0.29) is 22.1 Å². The van der Waals surface area contributed by atoms with Crippen molar-refractivity contribution in [2.75, 3.05) is 11.8 Å². The molecular formula is C24H24N2O5S. The molecule has 0 spiro atoms. The van der Waals surface area contributed by atoms with E-state index >= 15 is 0 Å². The van der Waals surface area contributed by atoms with Crippen molar-refractivity contribution in [3.63, 3.8) is 0 Å². The summed E-state index contributed by atoms with van der Waals surface area (Å²) < 4.78 is 37.6. The minimum Gasteiger partial charge on any atom is -0.497 e. The molecule has 0 atom stereocenters. The van der Waals surface area contributed by atoms with Gasteiger partial charge in [-0.3, -0.25) is 9.52 Å². The number of rotatable bonds is 6. The molecule has 0 fully saturated rings. The summed E-state index contributed by atoms with van der Waals surface area (Å²) in [5, 5.41) is 3.23. The molecule has 0 aliphatic carbocycles.